The number of aliphatic carboxylic acids is 1. The molecule has 2 aromatic heterocycles. The summed E-state index contributed by atoms with van der Waals surface area (Å²) in [6.07, 6.45) is 14.0. The summed E-state index contributed by atoms with van der Waals surface area (Å²) in [5.74, 6) is 1.21. The highest BCUT2D eigenvalue weighted by Crippen LogP contribution is 2.32. The average Bonchev–Trinajstić information content (AvgIpc) is 2.91. The highest BCUT2D eigenvalue weighted by Gasteiger charge is 2.29. The van der Waals surface area contributed by atoms with Gasteiger partial charge in [0.05, 0.1) is 12.6 Å². The van der Waals surface area contributed by atoms with Crippen LogP contribution in [0.2, 0.25) is 0 Å². The van der Waals surface area contributed by atoms with Crippen LogP contribution in [0.4, 0.5) is 0 Å². The smallest absolute Gasteiger partial charge is 0.303 e. The van der Waals surface area contributed by atoms with Crippen molar-refractivity contribution in [2.75, 3.05) is 26.7 Å². The van der Waals surface area contributed by atoms with E-state index >= 15 is 0 Å². The summed E-state index contributed by atoms with van der Waals surface area (Å²) < 4.78 is 5.42. The summed E-state index contributed by atoms with van der Waals surface area (Å²) >= 11 is 0. The number of carboxylic acids is 1. The molecule has 7 nitrogen and oxygen atoms in total. The van der Waals surface area contributed by atoms with Gasteiger partial charge in [0.1, 0.15) is 12.1 Å². The lowest BCUT2D eigenvalue weighted by molar-refractivity contribution is -0.137. The number of rotatable bonds is 13. The number of benzene rings is 1. The molecule has 1 fully saturated rings. The van der Waals surface area contributed by atoms with Crippen LogP contribution in [0, 0.1) is 11.8 Å². The van der Waals surface area contributed by atoms with Crippen LogP contribution in [0.3, 0.4) is 0 Å². The zero-order valence-electron chi connectivity index (χ0n) is 21.3. The van der Waals surface area contributed by atoms with E-state index < -0.39 is 5.97 Å². The van der Waals surface area contributed by atoms with Gasteiger partial charge in [0.2, 0.25) is 0 Å². The second-order valence-electron chi connectivity index (χ2n) is 9.95. The molecule has 0 unspecified atom stereocenters. The van der Waals surface area contributed by atoms with Gasteiger partial charge < -0.3 is 14.7 Å². The minimum atomic E-state index is -0.687. The third-order valence-corrected chi connectivity index (χ3v) is 7.57. The zero-order chi connectivity index (χ0) is 25.2. The van der Waals surface area contributed by atoms with E-state index in [4.69, 9.17) is 4.74 Å². The fourth-order valence-electron chi connectivity index (χ4n) is 5.56. The van der Waals surface area contributed by atoms with E-state index in [2.05, 4.69) is 32.0 Å². The molecule has 7 heteroatoms. The summed E-state index contributed by atoms with van der Waals surface area (Å²) in [4.78, 5) is 26.7. The van der Waals surface area contributed by atoms with Gasteiger partial charge in [-0.3, -0.25) is 9.78 Å². The Morgan fingerprint density at radius 3 is 2.78 bits per heavy atom. The highest BCUT2D eigenvalue weighted by molar-refractivity contribution is 5.83. The van der Waals surface area contributed by atoms with Gasteiger partial charge in [-0.05, 0) is 112 Å². The second kappa shape index (κ2) is 13.3. The van der Waals surface area contributed by atoms with Gasteiger partial charge >= 0.3 is 5.97 Å². The fourth-order valence-corrected chi connectivity index (χ4v) is 5.56. The van der Waals surface area contributed by atoms with Crippen molar-refractivity contribution in [2.24, 2.45) is 11.8 Å². The molecule has 0 bridgehead atoms. The van der Waals surface area contributed by atoms with Crippen molar-refractivity contribution in [3.63, 3.8) is 0 Å². The largest absolute Gasteiger partial charge is 0.497 e. The molecule has 192 valence electrons. The standard InChI is InChI=1S/C29H38N4O3/c1-36-26-9-10-28-27(19-26)23(12-16-31-28)6-4-5-22-14-18-33(20-24(22)8-11-29(34)35)17-3-2-7-25-13-15-30-21-32-25/h9-10,12-13,15-16,19,21-22,24H,2-8,11,14,17-18,20H2,1H3,(H,34,35)/t22-,24+/m1/s1. The number of ether oxygens (including phenoxy) is 1. The van der Waals surface area contributed by atoms with Crippen LogP contribution in [-0.2, 0) is 17.6 Å². The van der Waals surface area contributed by atoms with E-state index in [9.17, 15) is 9.90 Å². The number of pyridine rings is 1. The Morgan fingerprint density at radius 1 is 1.06 bits per heavy atom. The van der Waals surface area contributed by atoms with E-state index in [1.165, 1.54) is 5.56 Å². The van der Waals surface area contributed by atoms with E-state index in [0.717, 1.165) is 93.3 Å². The van der Waals surface area contributed by atoms with Gasteiger partial charge in [0, 0.05) is 36.4 Å². The Balaban J connectivity index is 1.28. The first-order valence-corrected chi connectivity index (χ1v) is 13.2. The Labute approximate surface area is 213 Å². The fraction of sp³-hybridized carbons (Fsp3) is 0.517. The van der Waals surface area contributed by atoms with Crippen molar-refractivity contribution in [1.29, 1.82) is 0 Å². The normalized spacial score (nSPS) is 18.4. The maximum Gasteiger partial charge on any atom is 0.303 e. The predicted molar refractivity (Wildman–Crippen MR) is 141 cm³/mol. The molecule has 1 aliphatic heterocycles. The van der Waals surface area contributed by atoms with Crippen molar-refractivity contribution in [3.05, 3.63) is 60.3 Å². The number of hydrogen-bond acceptors (Lipinski definition) is 6. The minimum absolute atomic E-state index is 0.261. The number of unbranched alkanes of at least 4 members (excludes halogenated alkanes) is 1. The third-order valence-electron chi connectivity index (χ3n) is 7.57. The molecule has 1 N–H and O–H groups in total. The molecule has 3 heterocycles. The van der Waals surface area contributed by atoms with Crippen LogP contribution in [0.5, 0.6) is 5.75 Å². The van der Waals surface area contributed by atoms with Crippen molar-refractivity contribution >= 4 is 16.9 Å². The number of carboxylic acid groups (broad SMARTS) is 1. The van der Waals surface area contributed by atoms with Crippen LogP contribution in [0.15, 0.2) is 49.1 Å². The minimum Gasteiger partial charge on any atom is -0.497 e. The molecule has 1 saturated heterocycles. The molecule has 0 amide bonds. The number of aromatic nitrogens is 3. The lowest BCUT2D eigenvalue weighted by Crippen LogP contribution is -2.41. The molecule has 0 saturated carbocycles. The molecule has 4 rings (SSSR count). The molecule has 1 aromatic carbocycles. The maximum absolute atomic E-state index is 11.3. The Bertz CT molecular complexity index is 1110. The SMILES string of the molecule is COc1ccc2nccc(CCC[C@@H]3CCN(CCCCc4ccncn4)C[C@@H]3CCC(=O)O)c2c1. The first-order chi connectivity index (χ1) is 17.6. The highest BCUT2D eigenvalue weighted by atomic mass is 16.5. The molecular formula is C29H38N4O3. The van der Waals surface area contributed by atoms with Gasteiger partial charge in [-0.15, -0.1) is 0 Å². The van der Waals surface area contributed by atoms with Crippen molar-refractivity contribution < 1.29 is 14.6 Å². The van der Waals surface area contributed by atoms with Crippen LogP contribution in [-0.4, -0.2) is 57.7 Å². The second-order valence-corrected chi connectivity index (χ2v) is 9.95. The van der Waals surface area contributed by atoms with Gasteiger partial charge in [0.15, 0.2) is 0 Å². The quantitative estimate of drug-likeness (QED) is 0.330. The molecule has 2 atom stereocenters. The average molecular weight is 491 g/mol. The lowest BCUT2D eigenvalue weighted by Gasteiger charge is -2.39. The molecule has 0 spiro atoms. The maximum atomic E-state index is 11.3. The van der Waals surface area contributed by atoms with Crippen LogP contribution < -0.4 is 4.74 Å². The third kappa shape index (κ3) is 7.47. The first-order valence-electron chi connectivity index (χ1n) is 13.2. The number of methoxy groups -OCH3 is 1. The number of carbonyl (C=O) groups is 1. The first kappa shape index (κ1) is 26.0. The van der Waals surface area contributed by atoms with E-state index in [1.54, 1.807) is 19.6 Å². The van der Waals surface area contributed by atoms with Crippen LogP contribution in [0.1, 0.15) is 56.2 Å². The summed E-state index contributed by atoms with van der Waals surface area (Å²) in [6.45, 7) is 3.20. The van der Waals surface area contributed by atoms with Gasteiger partial charge in [-0.25, -0.2) is 9.97 Å². The van der Waals surface area contributed by atoms with E-state index in [-0.39, 0.29) is 6.42 Å². The monoisotopic (exact) mass is 490 g/mol. The molecule has 1 aliphatic rings. The number of hydrogen-bond donors (Lipinski definition) is 1. The number of likely N-dealkylation sites (tertiary alicyclic amines) is 1. The zero-order valence-corrected chi connectivity index (χ0v) is 21.3. The Morgan fingerprint density at radius 2 is 1.97 bits per heavy atom. The topological polar surface area (TPSA) is 88.4 Å². The molecule has 3 aromatic rings. The predicted octanol–water partition coefficient (Wildman–Crippen LogP) is 5.18. The Hall–Kier alpha value is -3.06. The van der Waals surface area contributed by atoms with Crippen LogP contribution in [0.25, 0.3) is 10.9 Å². The van der Waals surface area contributed by atoms with Crippen molar-refractivity contribution in [1.82, 2.24) is 19.9 Å². The summed E-state index contributed by atoms with van der Waals surface area (Å²) in [7, 11) is 1.69. The lowest BCUT2D eigenvalue weighted by atomic mass is 9.79. The molecule has 0 radical (unpaired) electrons. The van der Waals surface area contributed by atoms with Crippen molar-refractivity contribution in [2.45, 2.75) is 57.8 Å². The van der Waals surface area contributed by atoms with Gasteiger partial charge in [-0.1, -0.05) is 0 Å². The molecule has 0 aliphatic carbocycles. The molecule has 36 heavy (non-hydrogen) atoms. The molecular weight excluding hydrogens is 452 g/mol. The number of aryl methyl sites for hydroxylation is 2. The summed E-state index contributed by atoms with van der Waals surface area (Å²) in [5.41, 5.74) is 3.41. The number of fused-ring (bicyclic) bond motifs is 1. The summed E-state index contributed by atoms with van der Waals surface area (Å²) in [5, 5.41) is 10.5. The summed E-state index contributed by atoms with van der Waals surface area (Å²) in [6, 6.07) is 10.2. The number of piperidine rings is 1. The Kier molecular flexibility index (Phi) is 9.61. The van der Waals surface area contributed by atoms with Crippen molar-refractivity contribution in [3.8, 4) is 5.75 Å². The van der Waals surface area contributed by atoms with E-state index in [1.807, 2.05) is 24.4 Å². The van der Waals surface area contributed by atoms with Gasteiger partial charge in [-0.2, -0.15) is 0 Å². The van der Waals surface area contributed by atoms with Gasteiger partial charge in [0.25, 0.3) is 0 Å². The number of nitrogens with zero attached hydrogens (tertiary/aromatic N) is 4. The van der Waals surface area contributed by atoms with Crippen LogP contribution >= 0.6 is 0 Å². The van der Waals surface area contributed by atoms with E-state index in [0.29, 0.717) is 11.8 Å².